The van der Waals surface area contributed by atoms with Gasteiger partial charge in [-0.1, -0.05) is 24.6 Å². The summed E-state index contributed by atoms with van der Waals surface area (Å²) in [6.07, 6.45) is 10.9. The summed E-state index contributed by atoms with van der Waals surface area (Å²) in [6.45, 7) is 1.90. The van der Waals surface area contributed by atoms with Crippen LogP contribution in [0.15, 0.2) is 54.6 Å². The molecule has 7 nitrogen and oxygen atoms in total. The second kappa shape index (κ2) is 12.0. The molecule has 1 unspecified atom stereocenters. The number of amides is 1. The molecule has 2 saturated carbocycles. The van der Waals surface area contributed by atoms with Crippen LogP contribution in [0.25, 0.3) is 0 Å². The van der Waals surface area contributed by atoms with E-state index in [1.165, 1.54) is 24.8 Å². The number of ketones is 1. The molecule has 2 N–H and O–H groups in total. The number of hydrogen-bond acceptors (Lipinski definition) is 6. The van der Waals surface area contributed by atoms with Gasteiger partial charge in [-0.05, 0) is 74.1 Å². The van der Waals surface area contributed by atoms with E-state index in [9.17, 15) is 9.59 Å². The van der Waals surface area contributed by atoms with Gasteiger partial charge in [0, 0.05) is 36.4 Å². The van der Waals surface area contributed by atoms with Crippen LogP contribution in [0.3, 0.4) is 0 Å². The molecule has 1 atom stereocenters. The van der Waals surface area contributed by atoms with E-state index in [0.717, 1.165) is 36.6 Å². The Morgan fingerprint density at radius 2 is 1.82 bits per heavy atom. The maximum absolute atomic E-state index is 13.0. The number of fused-ring (bicyclic) bond motifs is 1. The van der Waals surface area contributed by atoms with Crippen molar-refractivity contribution >= 4 is 11.7 Å². The van der Waals surface area contributed by atoms with Crippen LogP contribution in [0.5, 0.6) is 17.2 Å². The third kappa shape index (κ3) is 6.21. The van der Waals surface area contributed by atoms with Crippen LogP contribution in [0.1, 0.15) is 67.3 Å². The summed E-state index contributed by atoms with van der Waals surface area (Å²) in [6, 6.07) is 13.9. The third-order valence-corrected chi connectivity index (χ3v) is 8.04. The minimum absolute atomic E-state index is 0.0128. The molecule has 2 aromatic carbocycles. The fraction of sp³-hybridized carbons (Fsp3) is 0.484. The second-order valence-electron chi connectivity index (χ2n) is 10.5. The molecule has 2 aromatic rings. The van der Waals surface area contributed by atoms with E-state index in [4.69, 9.17) is 14.2 Å². The first kappa shape index (κ1) is 26.3. The van der Waals surface area contributed by atoms with Crippen molar-refractivity contribution in [2.75, 3.05) is 26.9 Å². The van der Waals surface area contributed by atoms with Crippen molar-refractivity contribution in [1.82, 2.24) is 10.6 Å². The number of rotatable bonds is 13. The van der Waals surface area contributed by atoms with E-state index < -0.39 is 0 Å². The fourth-order valence-electron chi connectivity index (χ4n) is 5.29. The monoisotopic (exact) mass is 518 g/mol. The van der Waals surface area contributed by atoms with Crippen molar-refractivity contribution in [1.29, 1.82) is 0 Å². The van der Waals surface area contributed by atoms with Crippen LogP contribution in [-0.4, -0.2) is 50.6 Å². The topological polar surface area (TPSA) is 85.9 Å². The van der Waals surface area contributed by atoms with Crippen molar-refractivity contribution in [2.45, 2.75) is 68.9 Å². The maximum Gasteiger partial charge on any atom is 0.220 e. The molecule has 5 rings (SSSR count). The molecule has 202 valence electrons. The normalized spacial score (nSPS) is 18.4. The maximum atomic E-state index is 13.0. The van der Waals surface area contributed by atoms with Gasteiger partial charge in [-0.15, -0.1) is 0 Å². The van der Waals surface area contributed by atoms with Gasteiger partial charge in [-0.3, -0.25) is 9.59 Å². The molecule has 2 aliphatic carbocycles. The highest BCUT2D eigenvalue weighted by Gasteiger charge is 2.51. The number of hydrogen-bond donors (Lipinski definition) is 2. The number of methoxy groups -OCH3 is 1. The Hall–Kier alpha value is -3.32. The van der Waals surface area contributed by atoms with Crippen molar-refractivity contribution in [3.05, 3.63) is 65.7 Å². The van der Waals surface area contributed by atoms with Crippen molar-refractivity contribution in [3.63, 3.8) is 0 Å². The Kier molecular flexibility index (Phi) is 8.32. The zero-order chi connectivity index (χ0) is 26.4. The van der Waals surface area contributed by atoms with Gasteiger partial charge in [0.05, 0.1) is 13.2 Å². The van der Waals surface area contributed by atoms with Crippen molar-refractivity contribution in [3.8, 4) is 17.2 Å². The standard InChI is InChI=1S/C31H38N2O5/c1-36-25-13-10-22(11-14-25)26(34)8-3-2-4-9-30(35)33-29(21-32-24-6-5-7-24)31(16-17-31)23-12-15-27-28(20-23)38-19-18-37-27/h2-3,10-15,20,24,29,32H,4-9,16-19,21H2,1H3,(H,33,35)/b3-2+. The van der Waals surface area contributed by atoms with Gasteiger partial charge in [0.15, 0.2) is 17.3 Å². The van der Waals surface area contributed by atoms with Gasteiger partial charge in [0.2, 0.25) is 5.91 Å². The van der Waals surface area contributed by atoms with Crippen LogP contribution < -0.4 is 24.8 Å². The molecular formula is C31H38N2O5. The summed E-state index contributed by atoms with van der Waals surface area (Å²) in [5.74, 6) is 2.41. The minimum Gasteiger partial charge on any atom is -0.497 e. The number of carbonyl (C=O) groups excluding carboxylic acids is 2. The molecule has 0 spiro atoms. The van der Waals surface area contributed by atoms with Crippen LogP contribution >= 0.6 is 0 Å². The number of Topliss-reactive ketones (excluding diaryl/α,β-unsaturated/α-hetero) is 1. The summed E-state index contributed by atoms with van der Waals surface area (Å²) in [7, 11) is 1.60. The molecule has 1 amide bonds. The molecule has 0 bridgehead atoms. The third-order valence-electron chi connectivity index (χ3n) is 8.04. The molecule has 38 heavy (non-hydrogen) atoms. The molecule has 1 heterocycles. The van der Waals surface area contributed by atoms with Gasteiger partial charge in [0.1, 0.15) is 19.0 Å². The predicted octanol–water partition coefficient (Wildman–Crippen LogP) is 4.73. The Bertz CT molecular complexity index is 1150. The molecule has 0 radical (unpaired) electrons. The van der Waals surface area contributed by atoms with E-state index in [-0.39, 0.29) is 23.1 Å². The lowest BCUT2D eigenvalue weighted by atomic mass is 9.86. The summed E-state index contributed by atoms with van der Waals surface area (Å²) in [5.41, 5.74) is 1.78. The molecule has 1 aliphatic heterocycles. The van der Waals surface area contributed by atoms with Gasteiger partial charge in [-0.25, -0.2) is 0 Å². The number of carbonyl (C=O) groups is 2. The minimum atomic E-state index is -0.0805. The van der Waals surface area contributed by atoms with Gasteiger partial charge in [-0.2, -0.15) is 0 Å². The molecular weight excluding hydrogens is 480 g/mol. The molecule has 7 heteroatoms. The summed E-state index contributed by atoms with van der Waals surface area (Å²) < 4.78 is 16.7. The largest absolute Gasteiger partial charge is 0.497 e. The zero-order valence-electron chi connectivity index (χ0n) is 22.2. The molecule has 3 aliphatic rings. The van der Waals surface area contributed by atoms with Gasteiger partial charge >= 0.3 is 0 Å². The zero-order valence-corrected chi connectivity index (χ0v) is 22.2. The first-order valence-corrected chi connectivity index (χ1v) is 13.8. The van der Waals surface area contributed by atoms with Crippen molar-refractivity contribution in [2.24, 2.45) is 0 Å². The number of benzene rings is 2. The highest BCUT2D eigenvalue weighted by molar-refractivity contribution is 5.97. The van der Waals surface area contributed by atoms with Crippen LogP contribution in [0, 0.1) is 0 Å². The number of nitrogens with one attached hydrogen (secondary N) is 2. The lowest BCUT2D eigenvalue weighted by Gasteiger charge is -2.34. The van der Waals surface area contributed by atoms with Crippen LogP contribution in [0.4, 0.5) is 0 Å². The predicted molar refractivity (Wildman–Crippen MR) is 146 cm³/mol. The summed E-state index contributed by atoms with van der Waals surface area (Å²) >= 11 is 0. The average Bonchev–Trinajstić information content (AvgIpc) is 3.73. The molecule has 2 fully saturated rings. The Balaban J connectivity index is 1.16. The Labute approximate surface area is 224 Å². The van der Waals surface area contributed by atoms with E-state index >= 15 is 0 Å². The van der Waals surface area contributed by atoms with Gasteiger partial charge < -0.3 is 24.8 Å². The first-order chi connectivity index (χ1) is 18.6. The SMILES string of the molecule is COc1ccc(C(=O)C/C=C/CCC(=O)NC(CNC2CCC2)C2(c3ccc4c(c3)OCCO4)CC2)cc1. The smallest absolute Gasteiger partial charge is 0.220 e. The van der Waals surface area contributed by atoms with Crippen LogP contribution in [-0.2, 0) is 10.2 Å². The number of ether oxygens (including phenoxy) is 3. The highest BCUT2D eigenvalue weighted by Crippen LogP contribution is 2.52. The quantitative estimate of drug-likeness (QED) is 0.294. The lowest BCUT2D eigenvalue weighted by Crippen LogP contribution is -2.52. The van der Waals surface area contributed by atoms with Gasteiger partial charge in [0.25, 0.3) is 0 Å². The van der Waals surface area contributed by atoms with E-state index in [1.807, 2.05) is 18.2 Å². The van der Waals surface area contributed by atoms with E-state index in [0.29, 0.717) is 44.1 Å². The lowest BCUT2D eigenvalue weighted by molar-refractivity contribution is -0.122. The van der Waals surface area contributed by atoms with Crippen molar-refractivity contribution < 1.29 is 23.8 Å². The fourth-order valence-corrected chi connectivity index (χ4v) is 5.29. The van der Waals surface area contributed by atoms with Crippen LogP contribution in [0.2, 0.25) is 0 Å². The van der Waals surface area contributed by atoms with E-state index in [1.54, 1.807) is 31.4 Å². The molecule has 0 saturated heterocycles. The first-order valence-electron chi connectivity index (χ1n) is 13.8. The van der Waals surface area contributed by atoms with E-state index in [2.05, 4.69) is 22.8 Å². The highest BCUT2D eigenvalue weighted by atomic mass is 16.6. The summed E-state index contributed by atoms with van der Waals surface area (Å²) in [5, 5.41) is 7.04. The number of allylic oxidation sites excluding steroid dienone is 2. The second-order valence-corrected chi connectivity index (χ2v) is 10.5. The average molecular weight is 519 g/mol. The Morgan fingerprint density at radius 1 is 1.05 bits per heavy atom. The Morgan fingerprint density at radius 3 is 2.50 bits per heavy atom. The summed E-state index contributed by atoms with van der Waals surface area (Å²) in [4.78, 5) is 25.4. The molecule has 0 aromatic heterocycles.